The highest BCUT2D eigenvalue weighted by Crippen LogP contribution is 2.36. The monoisotopic (exact) mass is 351 g/mol. The lowest BCUT2D eigenvalue weighted by Gasteiger charge is -2.25. The van der Waals surface area contributed by atoms with Gasteiger partial charge in [-0.1, -0.05) is 6.07 Å². The molecule has 134 valence electrons. The zero-order chi connectivity index (χ0) is 18.1. The summed E-state index contributed by atoms with van der Waals surface area (Å²) in [5.74, 6) is 0.984. The van der Waals surface area contributed by atoms with Crippen LogP contribution in [0.2, 0.25) is 0 Å². The van der Waals surface area contributed by atoms with E-state index in [0.717, 1.165) is 23.3 Å². The third-order valence-electron chi connectivity index (χ3n) is 4.99. The molecule has 0 aliphatic carbocycles. The molecule has 0 unspecified atom stereocenters. The number of aryl methyl sites for hydroxylation is 1. The van der Waals surface area contributed by atoms with Crippen molar-refractivity contribution in [1.82, 2.24) is 29.4 Å². The second-order valence-electron chi connectivity index (χ2n) is 6.51. The number of fused-ring (bicyclic) bond motifs is 1. The molecule has 2 atom stereocenters. The van der Waals surface area contributed by atoms with Gasteiger partial charge >= 0.3 is 0 Å². The summed E-state index contributed by atoms with van der Waals surface area (Å²) >= 11 is 0. The van der Waals surface area contributed by atoms with E-state index in [9.17, 15) is 4.79 Å². The predicted molar refractivity (Wildman–Crippen MR) is 97.3 cm³/mol. The Morgan fingerprint density at radius 1 is 1.31 bits per heavy atom. The van der Waals surface area contributed by atoms with Gasteiger partial charge in [0.25, 0.3) is 0 Å². The zero-order valence-electron chi connectivity index (χ0n) is 14.8. The number of amides is 1. The van der Waals surface area contributed by atoms with Crippen molar-refractivity contribution in [3.8, 4) is 0 Å². The maximum Gasteiger partial charge on any atom is 0.223 e. The van der Waals surface area contributed by atoms with Crippen LogP contribution in [0.1, 0.15) is 24.9 Å². The molecule has 0 saturated carbocycles. The maximum atomic E-state index is 12.3. The molecule has 1 amide bonds. The highest BCUT2D eigenvalue weighted by molar-refractivity contribution is 5.83. The predicted octanol–water partition coefficient (Wildman–Crippen LogP) is 1.87. The van der Waals surface area contributed by atoms with E-state index in [-0.39, 0.29) is 17.9 Å². The molecule has 3 aromatic heterocycles. The van der Waals surface area contributed by atoms with Crippen molar-refractivity contribution in [2.75, 3.05) is 18.9 Å². The van der Waals surface area contributed by atoms with Crippen molar-refractivity contribution in [3.63, 3.8) is 0 Å². The molecular formula is C18H21N7O. The number of anilines is 1. The van der Waals surface area contributed by atoms with Crippen LogP contribution in [0.25, 0.3) is 11.2 Å². The van der Waals surface area contributed by atoms with E-state index in [0.29, 0.717) is 18.8 Å². The number of rotatable bonds is 5. The molecule has 0 aromatic carbocycles. The van der Waals surface area contributed by atoms with Gasteiger partial charge in [0.05, 0.1) is 12.4 Å². The van der Waals surface area contributed by atoms with Gasteiger partial charge in [0.15, 0.2) is 11.5 Å². The molecule has 1 N–H and O–H groups in total. The number of pyridine rings is 1. The van der Waals surface area contributed by atoms with Gasteiger partial charge < -0.3 is 14.8 Å². The smallest absolute Gasteiger partial charge is 0.223 e. The van der Waals surface area contributed by atoms with Crippen LogP contribution in [0.4, 0.5) is 5.82 Å². The molecular weight excluding hydrogens is 330 g/mol. The highest BCUT2D eigenvalue weighted by atomic mass is 16.2. The van der Waals surface area contributed by atoms with E-state index in [1.54, 1.807) is 18.9 Å². The Morgan fingerprint density at radius 2 is 2.19 bits per heavy atom. The van der Waals surface area contributed by atoms with Gasteiger partial charge in [0.1, 0.15) is 11.8 Å². The molecule has 8 nitrogen and oxygen atoms in total. The number of carbonyl (C=O) groups is 1. The molecule has 8 heteroatoms. The van der Waals surface area contributed by atoms with E-state index in [2.05, 4.69) is 32.2 Å². The first-order valence-corrected chi connectivity index (χ1v) is 8.74. The van der Waals surface area contributed by atoms with E-state index >= 15 is 0 Å². The molecule has 1 aliphatic heterocycles. The molecule has 3 aromatic rings. The van der Waals surface area contributed by atoms with Crippen LogP contribution in [0.5, 0.6) is 0 Å². The second-order valence-corrected chi connectivity index (χ2v) is 6.51. The largest absolute Gasteiger partial charge is 0.368 e. The summed E-state index contributed by atoms with van der Waals surface area (Å²) in [7, 11) is 1.85. The molecule has 1 saturated heterocycles. The normalized spacial score (nSPS) is 20.1. The second kappa shape index (κ2) is 6.70. The fourth-order valence-corrected chi connectivity index (χ4v) is 3.65. The SMILES string of the molecule is CCn1cnc2c(NC[C@@H]3CC(=O)N(C)[C@H]3c3cccnc3)ncnc21. The summed E-state index contributed by atoms with van der Waals surface area (Å²) < 4.78 is 1.98. The Balaban J connectivity index is 1.57. The minimum atomic E-state index is 0.00854. The summed E-state index contributed by atoms with van der Waals surface area (Å²) in [5.41, 5.74) is 2.62. The number of hydrogen-bond donors (Lipinski definition) is 1. The fraction of sp³-hybridized carbons (Fsp3) is 0.389. The molecule has 0 spiro atoms. The fourth-order valence-electron chi connectivity index (χ4n) is 3.65. The van der Waals surface area contributed by atoms with Crippen LogP contribution in [0.3, 0.4) is 0 Å². The average Bonchev–Trinajstić information content (AvgIpc) is 3.22. The molecule has 4 heterocycles. The first-order valence-electron chi connectivity index (χ1n) is 8.74. The van der Waals surface area contributed by atoms with Crippen LogP contribution in [-0.4, -0.2) is 48.9 Å². The van der Waals surface area contributed by atoms with Gasteiger partial charge in [0, 0.05) is 44.9 Å². The summed E-state index contributed by atoms with van der Waals surface area (Å²) in [6, 6.07) is 3.93. The van der Waals surface area contributed by atoms with Gasteiger partial charge in [-0.05, 0) is 18.6 Å². The Hall–Kier alpha value is -3.03. The van der Waals surface area contributed by atoms with Crippen LogP contribution in [-0.2, 0) is 11.3 Å². The number of carbonyl (C=O) groups excluding carboxylic acids is 1. The third kappa shape index (κ3) is 2.77. The van der Waals surface area contributed by atoms with Crippen LogP contribution in [0.15, 0.2) is 37.2 Å². The number of likely N-dealkylation sites (tertiary alicyclic amines) is 1. The van der Waals surface area contributed by atoms with Crippen molar-refractivity contribution >= 4 is 22.9 Å². The molecule has 26 heavy (non-hydrogen) atoms. The lowest BCUT2D eigenvalue weighted by atomic mass is 9.94. The van der Waals surface area contributed by atoms with E-state index in [4.69, 9.17) is 0 Å². The Bertz CT molecular complexity index is 924. The van der Waals surface area contributed by atoms with E-state index in [1.807, 2.05) is 34.8 Å². The minimum Gasteiger partial charge on any atom is -0.368 e. The summed E-state index contributed by atoms with van der Waals surface area (Å²) in [6.45, 7) is 3.48. The van der Waals surface area contributed by atoms with Crippen molar-refractivity contribution in [2.45, 2.75) is 25.9 Å². The van der Waals surface area contributed by atoms with Crippen molar-refractivity contribution in [2.24, 2.45) is 5.92 Å². The molecule has 4 rings (SSSR count). The number of nitrogens with zero attached hydrogens (tertiary/aromatic N) is 6. The summed E-state index contributed by atoms with van der Waals surface area (Å²) in [6.07, 6.45) is 7.40. The van der Waals surface area contributed by atoms with Crippen LogP contribution in [0, 0.1) is 5.92 Å². The van der Waals surface area contributed by atoms with E-state index in [1.165, 1.54) is 0 Å². The third-order valence-corrected chi connectivity index (χ3v) is 4.99. The lowest BCUT2D eigenvalue weighted by molar-refractivity contribution is -0.127. The standard InChI is InChI=1S/C18H21N7O/c1-3-25-11-23-15-17(21-10-22-18(15)25)20-9-13-7-14(26)24(2)16(13)12-5-4-6-19-8-12/h4-6,8,10-11,13,16H,3,7,9H2,1-2H3,(H,20,21,22)/t13-,16-/m0/s1. The first kappa shape index (κ1) is 16.4. The summed E-state index contributed by atoms with van der Waals surface area (Å²) in [5, 5.41) is 3.38. The maximum absolute atomic E-state index is 12.3. The van der Waals surface area contributed by atoms with Gasteiger partial charge in [-0.2, -0.15) is 0 Å². The Labute approximate surface area is 151 Å². The van der Waals surface area contributed by atoms with Crippen molar-refractivity contribution in [3.05, 3.63) is 42.7 Å². The number of imidazole rings is 1. The van der Waals surface area contributed by atoms with Crippen molar-refractivity contribution < 1.29 is 4.79 Å². The van der Waals surface area contributed by atoms with Gasteiger partial charge in [0.2, 0.25) is 5.91 Å². The minimum absolute atomic E-state index is 0.00854. The zero-order valence-corrected chi connectivity index (χ0v) is 14.8. The quantitative estimate of drug-likeness (QED) is 0.755. The van der Waals surface area contributed by atoms with Crippen molar-refractivity contribution in [1.29, 1.82) is 0 Å². The molecule has 1 fully saturated rings. The average molecular weight is 351 g/mol. The molecule has 1 aliphatic rings. The molecule has 0 radical (unpaired) electrons. The van der Waals surface area contributed by atoms with Gasteiger partial charge in [-0.3, -0.25) is 9.78 Å². The van der Waals surface area contributed by atoms with Gasteiger partial charge in [-0.15, -0.1) is 0 Å². The Morgan fingerprint density at radius 3 is 2.96 bits per heavy atom. The van der Waals surface area contributed by atoms with Crippen LogP contribution >= 0.6 is 0 Å². The van der Waals surface area contributed by atoms with Crippen LogP contribution < -0.4 is 5.32 Å². The topological polar surface area (TPSA) is 88.8 Å². The Kier molecular flexibility index (Phi) is 4.24. The summed E-state index contributed by atoms with van der Waals surface area (Å²) in [4.78, 5) is 31.4. The highest BCUT2D eigenvalue weighted by Gasteiger charge is 2.38. The molecule has 0 bridgehead atoms. The number of aromatic nitrogens is 5. The number of hydrogen-bond acceptors (Lipinski definition) is 6. The lowest BCUT2D eigenvalue weighted by Crippen LogP contribution is -2.26. The van der Waals surface area contributed by atoms with E-state index < -0.39 is 0 Å². The van der Waals surface area contributed by atoms with Gasteiger partial charge in [-0.25, -0.2) is 15.0 Å². The number of nitrogens with one attached hydrogen (secondary N) is 1. The first-order chi connectivity index (χ1) is 12.7.